The zero-order valence-electron chi connectivity index (χ0n) is 9.61. The van der Waals surface area contributed by atoms with Crippen LogP contribution < -0.4 is 9.64 Å². The fourth-order valence-corrected chi connectivity index (χ4v) is 2.14. The lowest BCUT2D eigenvalue weighted by Gasteiger charge is -2.34. The normalized spacial score (nSPS) is 17.6. The first-order chi connectivity index (χ1) is 7.70. The van der Waals surface area contributed by atoms with Crippen molar-refractivity contribution in [3.05, 3.63) is 16.7 Å². The maximum Gasteiger partial charge on any atom is 0.238 e. The molecule has 1 fully saturated rings. The van der Waals surface area contributed by atoms with Crippen molar-refractivity contribution in [3.8, 4) is 5.88 Å². The molecule has 0 radical (unpaired) electrons. The summed E-state index contributed by atoms with van der Waals surface area (Å²) in [4.78, 5) is 8.97. The highest BCUT2D eigenvalue weighted by Gasteiger charge is 2.18. The Labute approximate surface area is 104 Å². The Hall–Kier alpha value is -0.810. The zero-order chi connectivity index (χ0) is 11.5. The predicted octanol–water partition coefficient (Wildman–Crippen LogP) is 1.60. The molecule has 0 aromatic carbocycles. The fraction of sp³-hybridized carbons (Fsp3) is 0.545. The Morgan fingerprint density at radius 2 is 1.94 bits per heavy atom. The van der Waals surface area contributed by atoms with E-state index in [9.17, 15) is 0 Å². The van der Waals surface area contributed by atoms with E-state index in [0.29, 0.717) is 5.88 Å². The number of likely N-dealkylation sites (N-methyl/N-ethyl adjacent to an activating group) is 1. The van der Waals surface area contributed by atoms with Crippen molar-refractivity contribution in [1.82, 2.24) is 9.88 Å². The van der Waals surface area contributed by atoms with E-state index < -0.39 is 0 Å². The van der Waals surface area contributed by atoms with Crippen molar-refractivity contribution in [2.75, 3.05) is 45.2 Å². The van der Waals surface area contributed by atoms with Crippen LogP contribution in [0.4, 0.5) is 5.69 Å². The fourth-order valence-electron chi connectivity index (χ4n) is 1.85. The Kier molecular flexibility index (Phi) is 3.66. The lowest BCUT2D eigenvalue weighted by Crippen LogP contribution is -2.44. The summed E-state index contributed by atoms with van der Waals surface area (Å²) in [5.74, 6) is 0.693. The quantitative estimate of drug-likeness (QED) is 0.772. The number of pyridine rings is 1. The minimum atomic E-state index is 0.693. The summed E-state index contributed by atoms with van der Waals surface area (Å²) in [5.41, 5.74) is 1.08. The molecule has 0 aliphatic carbocycles. The maximum absolute atomic E-state index is 5.31. The summed E-state index contributed by atoms with van der Waals surface area (Å²) < 4.78 is 6.12. The van der Waals surface area contributed by atoms with E-state index in [1.807, 2.05) is 6.07 Å². The monoisotopic (exact) mass is 285 g/mol. The molecule has 1 aliphatic heterocycles. The van der Waals surface area contributed by atoms with Crippen molar-refractivity contribution in [2.45, 2.75) is 0 Å². The van der Waals surface area contributed by atoms with Crippen LogP contribution in [0, 0.1) is 0 Å². The zero-order valence-corrected chi connectivity index (χ0v) is 11.2. The summed E-state index contributed by atoms with van der Waals surface area (Å²) in [6.45, 7) is 4.21. The number of piperazine rings is 1. The number of halogens is 1. The van der Waals surface area contributed by atoms with E-state index in [1.54, 1.807) is 7.11 Å². The summed E-state index contributed by atoms with van der Waals surface area (Å²) in [6.07, 6.45) is 0. The van der Waals surface area contributed by atoms with Crippen LogP contribution in [0.3, 0.4) is 0 Å². The van der Waals surface area contributed by atoms with Crippen LogP contribution in [0.15, 0.2) is 16.7 Å². The van der Waals surface area contributed by atoms with Gasteiger partial charge in [-0.25, -0.2) is 4.98 Å². The van der Waals surface area contributed by atoms with Crippen LogP contribution in [-0.2, 0) is 0 Å². The molecule has 2 rings (SSSR count). The van der Waals surface area contributed by atoms with Gasteiger partial charge in [-0.15, -0.1) is 0 Å². The molecule has 0 saturated carbocycles. The number of hydrogen-bond acceptors (Lipinski definition) is 4. The van der Waals surface area contributed by atoms with E-state index >= 15 is 0 Å². The molecule has 1 aliphatic rings. The van der Waals surface area contributed by atoms with Crippen molar-refractivity contribution in [2.24, 2.45) is 0 Å². The molecule has 1 saturated heterocycles. The second-order valence-electron chi connectivity index (χ2n) is 3.95. The van der Waals surface area contributed by atoms with Gasteiger partial charge in [0.25, 0.3) is 0 Å². The van der Waals surface area contributed by atoms with Gasteiger partial charge in [0.05, 0.1) is 7.11 Å². The van der Waals surface area contributed by atoms with Gasteiger partial charge in [-0.3, -0.25) is 0 Å². The Morgan fingerprint density at radius 3 is 2.56 bits per heavy atom. The topological polar surface area (TPSA) is 28.6 Å². The molecule has 0 N–H and O–H groups in total. The largest absolute Gasteiger partial charge is 0.479 e. The molecule has 0 amide bonds. The lowest BCUT2D eigenvalue weighted by atomic mass is 10.3. The molecule has 1 aromatic heterocycles. The van der Waals surface area contributed by atoms with E-state index in [1.165, 1.54) is 0 Å². The predicted molar refractivity (Wildman–Crippen MR) is 68.2 cm³/mol. The third-order valence-corrected chi connectivity index (χ3v) is 3.29. The molecule has 4 nitrogen and oxygen atoms in total. The second kappa shape index (κ2) is 5.01. The highest BCUT2D eigenvalue weighted by atomic mass is 79.9. The first-order valence-corrected chi connectivity index (χ1v) is 6.14. The third-order valence-electron chi connectivity index (χ3n) is 2.84. The van der Waals surface area contributed by atoms with Crippen molar-refractivity contribution in [1.29, 1.82) is 0 Å². The molecule has 5 heteroatoms. The van der Waals surface area contributed by atoms with E-state index in [-0.39, 0.29) is 0 Å². The van der Waals surface area contributed by atoms with Crippen molar-refractivity contribution >= 4 is 21.6 Å². The summed E-state index contributed by atoms with van der Waals surface area (Å²) in [5, 5.41) is 0. The summed E-state index contributed by atoms with van der Waals surface area (Å²) in [7, 11) is 3.81. The minimum Gasteiger partial charge on any atom is -0.479 e. The van der Waals surface area contributed by atoms with Crippen LogP contribution in [0.25, 0.3) is 0 Å². The molecule has 0 spiro atoms. The van der Waals surface area contributed by atoms with Crippen LogP contribution >= 0.6 is 15.9 Å². The Balaban J connectivity index is 2.19. The third kappa shape index (κ3) is 2.47. The molecule has 0 bridgehead atoms. The Morgan fingerprint density at radius 1 is 1.25 bits per heavy atom. The molecule has 16 heavy (non-hydrogen) atoms. The lowest BCUT2D eigenvalue weighted by molar-refractivity contribution is 0.310. The first kappa shape index (κ1) is 11.7. The van der Waals surface area contributed by atoms with Gasteiger partial charge >= 0.3 is 0 Å². The average Bonchev–Trinajstić information content (AvgIpc) is 2.30. The number of aromatic nitrogens is 1. The minimum absolute atomic E-state index is 0.693. The smallest absolute Gasteiger partial charge is 0.238 e. The second-order valence-corrected chi connectivity index (χ2v) is 4.77. The maximum atomic E-state index is 5.31. The van der Waals surface area contributed by atoms with Crippen LogP contribution in [0.1, 0.15) is 0 Å². The molecule has 0 atom stereocenters. The first-order valence-electron chi connectivity index (χ1n) is 5.34. The van der Waals surface area contributed by atoms with Gasteiger partial charge in [0.1, 0.15) is 10.3 Å². The number of rotatable bonds is 2. The number of nitrogens with zero attached hydrogens (tertiary/aromatic N) is 3. The van der Waals surface area contributed by atoms with Crippen molar-refractivity contribution < 1.29 is 4.74 Å². The van der Waals surface area contributed by atoms with Gasteiger partial charge in [0, 0.05) is 26.2 Å². The molecule has 0 unspecified atom stereocenters. The van der Waals surface area contributed by atoms with Gasteiger partial charge < -0.3 is 14.5 Å². The molecule has 1 aromatic rings. The number of hydrogen-bond donors (Lipinski definition) is 0. The number of methoxy groups -OCH3 is 1. The van der Waals surface area contributed by atoms with Crippen LogP contribution in [-0.4, -0.2) is 50.2 Å². The van der Waals surface area contributed by atoms with Gasteiger partial charge in [-0.2, -0.15) is 0 Å². The van der Waals surface area contributed by atoms with Crippen LogP contribution in [0.2, 0.25) is 0 Å². The highest BCUT2D eigenvalue weighted by molar-refractivity contribution is 9.10. The number of anilines is 1. The van der Waals surface area contributed by atoms with Gasteiger partial charge in [0.15, 0.2) is 0 Å². The van der Waals surface area contributed by atoms with Crippen molar-refractivity contribution in [3.63, 3.8) is 0 Å². The standard InChI is InChI=1S/C11H16BrN3O/c1-14-5-7-15(8-6-14)9-3-4-10(12)13-11(9)16-2/h3-4H,5-8H2,1-2H3. The van der Waals surface area contributed by atoms with E-state index in [0.717, 1.165) is 36.5 Å². The summed E-state index contributed by atoms with van der Waals surface area (Å²) in [6, 6.07) is 4.01. The SMILES string of the molecule is COc1nc(Br)ccc1N1CCN(C)CC1. The number of ether oxygens (including phenoxy) is 1. The van der Waals surface area contributed by atoms with E-state index in [2.05, 4.69) is 43.8 Å². The Bertz CT molecular complexity index is 364. The molecule has 2 heterocycles. The van der Waals surface area contributed by atoms with E-state index in [4.69, 9.17) is 4.74 Å². The molecular formula is C11H16BrN3O. The molecule has 88 valence electrons. The molecular weight excluding hydrogens is 270 g/mol. The van der Waals surface area contributed by atoms with Crippen LogP contribution in [0.5, 0.6) is 5.88 Å². The average molecular weight is 286 g/mol. The van der Waals surface area contributed by atoms with Gasteiger partial charge in [-0.05, 0) is 35.1 Å². The summed E-state index contributed by atoms with van der Waals surface area (Å²) >= 11 is 3.35. The highest BCUT2D eigenvalue weighted by Crippen LogP contribution is 2.28. The van der Waals surface area contributed by atoms with Gasteiger partial charge in [-0.1, -0.05) is 0 Å². The van der Waals surface area contributed by atoms with Gasteiger partial charge in [0.2, 0.25) is 5.88 Å².